The molecule has 0 aromatic carbocycles. The van der Waals surface area contributed by atoms with Crippen molar-refractivity contribution in [2.75, 3.05) is 32.1 Å². The summed E-state index contributed by atoms with van der Waals surface area (Å²) in [7, 11) is 3.55. The Morgan fingerprint density at radius 3 is 3.17 bits per heavy atom. The molecule has 18 heavy (non-hydrogen) atoms. The first-order chi connectivity index (χ1) is 8.79. The van der Waals surface area contributed by atoms with E-state index in [0.717, 1.165) is 24.2 Å². The van der Waals surface area contributed by atoms with Gasteiger partial charge < -0.3 is 15.4 Å². The Labute approximate surface area is 109 Å². The fraction of sp³-hybridized carbons (Fsp3) is 0.769. The number of anilines is 1. The standard InChI is InChI=1S/C13H24N4O/c1-17-13(18-2)9-12(16-17)15-8-4-6-11-5-3-7-14-10-11/h9,11,14H,3-8,10H2,1-2H3,(H,15,16). The first kappa shape index (κ1) is 13.2. The minimum absolute atomic E-state index is 0.786. The molecule has 1 unspecified atom stereocenters. The van der Waals surface area contributed by atoms with Crippen molar-refractivity contribution in [2.45, 2.75) is 25.7 Å². The number of ether oxygens (including phenoxy) is 1. The molecule has 2 heterocycles. The highest BCUT2D eigenvalue weighted by Gasteiger charge is 2.12. The summed E-state index contributed by atoms with van der Waals surface area (Å²) in [4.78, 5) is 0. The average Bonchev–Trinajstić information content (AvgIpc) is 2.76. The summed E-state index contributed by atoms with van der Waals surface area (Å²) in [6, 6.07) is 1.93. The van der Waals surface area contributed by atoms with Gasteiger partial charge >= 0.3 is 0 Å². The Balaban J connectivity index is 1.65. The van der Waals surface area contributed by atoms with Crippen molar-refractivity contribution >= 4 is 5.82 Å². The minimum atomic E-state index is 0.786. The van der Waals surface area contributed by atoms with Crippen LogP contribution in [-0.2, 0) is 7.05 Å². The first-order valence-electron chi connectivity index (χ1n) is 6.82. The van der Waals surface area contributed by atoms with Crippen LogP contribution < -0.4 is 15.4 Å². The van der Waals surface area contributed by atoms with Crippen molar-refractivity contribution < 1.29 is 4.74 Å². The van der Waals surface area contributed by atoms with Crippen molar-refractivity contribution in [1.82, 2.24) is 15.1 Å². The molecule has 0 bridgehead atoms. The van der Waals surface area contributed by atoms with Crippen molar-refractivity contribution in [3.05, 3.63) is 6.07 Å². The Kier molecular flexibility index (Phi) is 4.87. The predicted octanol–water partition coefficient (Wildman–Crippen LogP) is 1.62. The summed E-state index contributed by atoms with van der Waals surface area (Å²) in [5.41, 5.74) is 0. The first-order valence-corrected chi connectivity index (χ1v) is 6.82. The third kappa shape index (κ3) is 3.63. The maximum Gasteiger partial charge on any atom is 0.213 e. The van der Waals surface area contributed by atoms with E-state index >= 15 is 0 Å². The van der Waals surface area contributed by atoms with E-state index in [0.29, 0.717) is 0 Å². The summed E-state index contributed by atoms with van der Waals surface area (Å²) in [6.45, 7) is 3.37. The molecule has 0 amide bonds. The molecule has 0 spiro atoms. The molecule has 1 aliphatic heterocycles. The number of aromatic nitrogens is 2. The van der Waals surface area contributed by atoms with Crippen LogP contribution in [0.25, 0.3) is 0 Å². The van der Waals surface area contributed by atoms with Crippen LogP contribution in [0.4, 0.5) is 5.82 Å². The van der Waals surface area contributed by atoms with Crippen molar-refractivity contribution in [3.63, 3.8) is 0 Å². The molecule has 1 aliphatic rings. The summed E-state index contributed by atoms with van der Waals surface area (Å²) >= 11 is 0. The highest BCUT2D eigenvalue weighted by atomic mass is 16.5. The summed E-state index contributed by atoms with van der Waals surface area (Å²) < 4.78 is 6.92. The van der Waals surface area contributed by atoms with Gasteiger partial charge in [0.2, 0.25) is 5.88 Å². The van der Waals surface area contributed by atoms with Gasteiger partial charge in [0.1, 0.15) is 0 Å². The number of hydrogen-bond donors (Lipinski definition) is 2. The Morgan fingerprint density at radius 2 is 2.50 bits per heavy atom. The van der Waals surface area contributed by atoms with E-state index in [2.05, 4.69) is 15.7 Å². The molecule has 5 heteroatoms. The van der Waals surface area contributed by atoms with Gasteiger partial charge in [-0.15, -0.1) is 0 Å². The highest BCUT2D eigenvalue weighted by Crippen LogP contribution is 2.17. The zero-order chi connectivity index (χ0) is 12.8. The number of nitrogens with one attached hydrogen (secondary N) is 2. The largest absolute Gasteiger partial charge is 0.481 e. The predicted molar refractivity (Wildman–Crippen MR) is 73.1 cm³/mol. The quantitative estimate of drug-likeness (QED) is 0.755. The van der Waals surface area contributed by atoms with Crippen LogP contribution in [0.5, 0.6) is 5.88 Å². The zero-order valence-electron chi connectivity index (χ0n) is 11.4. The third-order valence-electron chi connectivity index (χ3n) is 3.54. The highest BCUT2D eigenvalue weighted by molar-refractivity contribution is 5.38. The molecule has 0 saturated carbocycles. The summed E-state index contributed by atoms with van der Waals surface area (Å²) in [5.74, 6) is 2.55. The monoisotopic (exact) mass is 252 g/mol. The van der Waals surface area contributed by atoms with Crippen LogP contribution in [0.2, 0.25) is 0 Å². The van der Waals surface area contributed by atoms with Gasteiger partial charge in [-0.3, -0.25) is 0 Å². The fourth-order valence-corrected chi connectivity index (χ4v) is 2.51. The van der Waals surface area contributed by atoms with Gasteiger partial charge in [0.15, 0.2) is 5.82 Å². The second-order valence-corrected chi connectivity index (χ2v) is 4.98. The Morgan fingerprint density at radius 1 is 1.61 bits per heavy atom. The van der Waals surface area contributed by atoms with Crippen molar-refractivity contribution in [1.29, 1.82) is 0 Å². The number of rotatable bonds is 6. The van der Waals surface area contributed by atoms with Gasteiger partial charge in [0, 0.05) is 19.7 Å². The molecule has 0 aliphatic carbocycles. The molecule has 1 saturated heterocycles. The Bertz CT molecular complexity index is 358. The lowest BCUT2D eigenvalue weighted by molar-refractivity contribution is 0.353. The van der Waals surface area contributed by atoms with E-state index in [9.17, 15) is 0 Å². The van der Waals surface area contributed by atoms with Gasteiger partial charge in [0.25, 0.3) is 0 Å². The summed E-state index contributed by atoms with van der Waals surface area (Å²) in [5, 5.41) is 11.1. The number of piperidine rings is 1. The maximum atomic E-state index is 5.18. The van der Waals surface area contributed by atoms with E-state index in [1.54, 1.807) is 11.8 Å². The van der Waals surface area contributed by atoms with E-state index in [-0.39, 0.29) is 0 Å². The molecule has 0 radical (unpaired) electrons. The SMILES string of the molecule is COc1cc(NCCCC2CCCNC2)nn1C. The molecular formula is C13H24N4O. The van der Waals surface area contributed by atoms with E-state index < -0.39 is 0 Å². The second kappa shape index (κ2) is 6.64. The van der Waals surface area contributed by atoms with Crippen LogP contribution in [0.3, 0.4) is 0 Å². The van der Waals surface area contributed by atoms with Crippen LogP contribution in [0, 0.1) is 5.92 Å². The molecule has 5 nitrogen and oxygen atoms in total. The smallest absolute Gasteiger partial charge is 0.213 e. The van der Waals surface area contributed by atoms with Crippen LogP contribution >= 0.6 is 0 Å². The van der Waals surface area contributed by atoms with Gasteiger partial charge in [-0.05, 0) is 44.7 Å². The van der Waals surface area contributed by atoms with Crippen molar-refractivity contribution in [3.8, 4) is 5.88 Å². The topological polar surface area (TPSA) is 51.1 Å². The lowest BCUT2D eigenvalue weighted by Crippen LogP contribution is -2.29. The van der Waals surface area contributed by atoms with Gasteiger partial charge in [-0.1, -0.05) is 0 Å². The molecule has 2 rings (SSSR count). The van der Waals surface area contributed by atoms with Crippen LogP contribution in [0.1, 0.15) is 25.7 Å². The average molecular weight is 252 g/mol. The minimum Gasteiger partial charge on any atom is -0.481 e. The van der Waals surface area contributed by atoms with Crippen molar-refractivity contribution in [2.24, 2.45) is 13.0 Å². The molecule has 1 aromatic rings. The number of aryl methyl sites for hydroxylation is 1. The Hall–Kier alpha value is -1.23. The second-order valence-electron chi connectivity index (χ2n) is 4.98. The van der Waals surface area contributed by atoms with Gasteiger partial charge in [0.05, 0.1) is 7.11 Å². The molecule has 2 N–H and O–H groups in total. The number of hydrogen-bond acceptors (Lipinski definition) is 4. The molecule has 1 atom stereocenters. The number of methoxy groups -OCH3 is 1. The molecule has 102 valence electrons. The van der Waals surface area contributed by atoms with Crippen LogP contribution in [0.15, 0.2) is 6.07 Å². The van der Waals surface area contributed by atoms with Gasteiger partial charge in [-0.25, -0.2) is 4.68 Å². The third-order valence-corrected chi connectivity index (χ3v) is 3.54. The lowest BCUT2D eigenvalue weighted by Gasteiger charge is -2.22. The van der Waals surface area contributed by atoms with Gasteiger partial charge in [-0.2, -0.15) is 5.10 Å². The molecular weight excluding hydrogens is 228 g/mol. The maximum absolute atomic E-state index is 5.18. The summed E-state index contributed by atoms with van der Waals surface area (Å²) in [6.07, 6.45) is 5.20. The number of nitrogens with zero attached hydrogens (tertiary/aromatic N) is 2. The fourth-order valence-electron chi connectivity index (χ4n) is 2.51. The normalized spacial score (nSPS) is 19.8. The molecule has 1 fully saturated rings. The van der Waals surface area contributed by atoms with E-state index in [1.165, 1.54) is 38.8 Å². The zero-order valence-corrected chi connectivity index (χ0v) is 11.4. The van der Waals surface area contributed by atoms with Crippen LogP contribution in [-0.4, -0.2) is 36.5 Å². The lowest BCUT2D eigenvalue weighted by atomic mass is 9.95. The molecule has 1 aromatic heterocycles. The van der Waals surface area contributed by atoms with E-state index in [1.807, 2.05) is 13.1 Å². The van der Waals surface area contributed by atoms with E-state index in [4.69, 9.17) is 4.74 Å².